The molecule has 0 spiro atoms. The summed E-state index contributed by atoms with van der Waals surface area (Å²) >= 11 is 1.81. The van der Waals surface area contributed by atoms with Gasteiger partial charge in [0, 0.05) is 23.6 Å². The average molecular weight is 354 g/mol. The van der Waals surface area contributed by atoms with Crippen LogP contribution < -0.4 is 0 Å². The molecule has 0 aliphatic heterocycles. The van der Waals surface area contributed by atoms with Crippen LogP contribution >= 0.6 is 11.8 Å². The van der Waals surface area contributed by atoms with E-state index in [1.54, 1.807) is 11.8 Å². The number of benzene rings is 1. The highest BCUT2D eigenvalue weighted by Crippen LogP contribution is 2.40. The van der Waals surface area contributed by atoms with Crippen LogP contribution in [0.1, 0.15) is 43.3 Å². The van der Waals surface area contributed by atoms with Gasteiger partial charge in [0.1, 0.15) is 21.9 Å². The Hall–Kier alpha value is -1.81. The summed E-state index contributed by atoms with van der Waals surface area (Å²) in [5.74, 6) is 0.828. The Balaban J connectivity index is 2.33. The Morgan fingerprint density at radius 2 is 1.56 bits per heavy atom. The van der Waals surface area contributed by atoms with Crippen LogP contribution in [-0.4, -0.2) is 19.3 Å². The van der Waals surface area contributed by atoms with Crippen LogP contribution in [-0.2, 0) is 7.05 Å². The predicted molar refractivity (Wildman–Crippen MR) is 109 cm³/mol. The molecule has 0 bridgehead atoms. The van der Waals surface area contributed by atoms with E-state index in [2.05, 4.69) is 71.5 Å². The molecule has 25 heavy (non-hydrogen) atoms. The molecule has 0 saturated heterocycles. The second kappa shape index (κ2) is 6.17. The molecular formula is C21H27N3S. The van der Waals surface area contributed by atoms with Gasteiger partial charge in [-0.05, 0) is 44.4 Å². The number of hydrogen-bond donors (Lipinski definition) is 0. The van der Waals surface area contributed by atoms with Gasteiger partial charge in [-0.2, -0.15) is 0 Å². The van der Waals surface area contributed by atoms with Gasteiger partial charge in [0.05, 0.1) is 0 Å². The molecule has 132 valence electrons. The minimum Gasteiger partial charge on any atom is -0.346 e. The number of hydrogen-bond acceptors (Lipinski definition) is 3. The first kappa shape index (κ1) is 18.0. The molecule has 3 rings (SSSR count). The lowest BCUT2D eigenvalue weighted by molar-refractivity contribution is 0.797. The Kier molecular flexibility index (Phi) is 4.44. The number of rotatable bonds is 2. The van der Waals surface area contributed by atoms with E-state index in [1.165, 1.54) is 27.8 Å². The van der Waals surface area contributed by atoms with E-state index in [1.807, 2.05) is 6.92 Å². The average Bonchev–Trinajstić information content (AvgIpc) is 2.72. The van der Waals surface area contributed by atoms with E-state index in [9.17, 15) is 0 Å². The van der Waals surface area contributed by atoms with Crippen LogP contribution in [0.4, 0.5) is 0 Å². The summed E-state index contributed by atoms with van der Waals surface area (Å²) in [5.41, 5.74) is 8.57. The van der Waals surface area contributed by atoms with Gasteiger partial charge in [0.2, 0.25) is 0 Å². The summed E-state index contributed by atoms with van der Waals surface area (Å²) in [4.78, 5) is 9.57. The Bertz CT molecular complexity index is 938. The molecule has 0 aliphatic carbocycles. The van der Waals surface area contributed by atoms with Crippen molar-refractivity contribution in [2.45, 2.75) is 58.2 Å². The topological polar surface area (TPSA) is 30.7 Å². The second-order valence-corrected chi connectivity index (χ2v) is 9.73. The van der Waals surface area contributed by atoms with Crippen molar-refractivity contribution >= 4 is 22.8 Å². The van der Waals surface area contributed by atoms with E-state index in [-0.39, 0.29) is 4.75 Å². The minimum atomic E-state index is 0.105. The number of aromatic nitrogens is 3. The van der Waals surface area contributed by atoms with Crippen molar-refractivity contribution in [3.8, 4) is 11.1 Å². The van der Waals surface area contributed by atoms with Gasteiger partial charge in [0.25, 0.3) is 0 Å². The molecule has 3 aromatic rings. The third kappa shape index (κ3) is 3.45. The smallest absolute Gasteiger partial charge is 0.127 e. The fourth-order valence-corrected chi connectivity index (χ4v) is 4.61. The van der Waals surface area contributed by atoms with Crippen molar-refractivity contribution in [1.29, 1.82) is 0 Å². The third-order valence-electron chi connectivity index (χ3n) is 4.24. The first-order chi connectivity index (χ1) is 11.6. The van der Waals surface area contributed by atoms with Crippen LogP contribution in [0.25, 0.3) is 22.2 Å². The zero-order valence-corrected chi connectivity index (χ0v) is 17.3. The monoisotopic (exact) mass is 353 g/mol. The highest BCUT2D eigenvalue weighted by atomic mass is 32.2. The Morgan fingerprint density at radius 1 is 0.960 bits per heavy atom. The summed E-state index contributed by atoms with van der Waals surface area (Å²) in [7, 11) is 2.09. The molecule has 4 heteroatoms. The van der Waals surface area contributed by atoms with Crippen molar-refractivity contribution < 1.29 is 0 Å². The number of aryl methyl sites for hydroxylation is 5. The van der Waals surface area contributed by atoms with Crippen LogP contribution in [0.3, 0.4) is 0 Å². The maximum atomic E-state index is 4.82. The van der Waals surface area contributed by atoms with Gasteiger partial charge < -0.3 is 4.57 Å². The molecule has 0 fully saturated rings. The molecular weight excluding hydrogens is 326 g/mol. The molecule has 0 saturated carbocycles. The van der Waals surface area contributed by atoms with E-state index < -0.39 is 0 Å². The van der Waals surface area contributed by atoms with Crippen molar-refractivity contribution in [2.75, 3.05) is 0 Å². The standard InChI is InChI=1S/C21H27N3S/c1-12-9-13(2)17(14(3)10-12)16-11-24(8)19-18(16)22-15(4)23-20(19)25-21(5,6)7/h9-11H,1-8H3. The van der Waals surface area contributed by atoms with Gasteiger partial charge in [-0.3, -0.25) is 0 Å². The lowest BCUT2D eigenvalue weighted by Crippen LogP contribution is -2.09. The van der Waals surface area contributed by atoms with Crippen molar-refractivity contribution in [1.82, 2.24) is 14.5 Å². The maximum Gasteiger partial charge on any atom is 0.127 e. The van der Waals surface area contributed by atoms with E-state index in [4.69, 9.17) is 9.97 Å². The van der Waals surface area contributed by atoms with Gasteiger partial charge in [0.15, 0.2) is 0 Å². The molecule has 0 unspecified atom stereocenters. The molecule has 2 heterocycles. The highest BCUT2D eigenvalue weighted by Gasteiger charge is 2.22. The predicted octanol–water partition coefficient (Wildman–Crippen LogP) is 5.76. The molecule has 0 aliphatic rings. The number of nitrogens with zero attached hydrogens (tertiary/aromatic N) is 3. The molecule has 0 amide bonds. The Labute approximate surface area is 154 Å². The van der Waals surface area contributed by atoms with Crippen LogP contribution in [0.5, 0.6) is 0 Å². The summed E-state index contributed by atoms with van der Waals surface area (Å²) in [6.45, 7) is 15.2. The maximum absolute atomic E-state index is 4.82. The zero-order valence-electron chi connectivity index (χ0n) is 16.5. The third-order valence-corrected chi connectivity index (χ3v) is 5.33. The molecule has 0 atom stereocenters. The summed E-state index contributed by atoms with van der Waals surface area (Å²) < 4.78 is 2.28. The van der Waals surface area contributed by atoms with E-state index >= 15 is 0 Å². The molecule has 3 nitrogen and oxygen atoms in total. The number of thioether (sulfide) groups is 1. The lowest BCUT2D eigenvalue weighted by Gasteiger charge is -2.18. The van der Waals surface area contributed by atoms with E-state index in [0.717, 1.165) is 21.9 Å². The fourth-order valence-electron chi connectivity index (χ4n) is 3.51. The Morgan fingerprint density at radius 3 is 2.12 bits per heavy atom. The lowest BCUT2D eigenvalue weighted by atomic mass is 9.95. The second-order valence-electron chi connectivity index (χ2n) is 7.92. The normalized spacial score (nSPS) is 12.2. The molecule has 0 radical (unpaired) electrons. The van der Waals surface area contributed by atoms with E-state index in [0.29, 0.717) is 0 Å². The summed E-state index contributed by atoms with van der Waals surface area (Å²) in [6, 6.07) is 4.50. The number of fused-ring (bicyclic) bond motifs is 1. The van der Waals surface area contributed by atoms with Crippen LogP contribution in [0, 0.1) is 27.7 Å². The molecule has 2 aromatic heterocycles. The minimum absolute atomic E-state index is 0.105. The van der Waals surface area contributed by atoms with Gasteiger partial charge >= 0.3 is 0 Å². The summed E-state index contributed by atoms with van der Waals surface area (Å²) in [6.07, 6.45) is 2.20. The first-order valence-electron chi connectivity index (χ1n) is 8.68. The van der Waals surface area contributed by atoms with Crippen molar-refractivity contribution in [3.63, 3.8) is 0 Å². The van der Waals surface area contributed by atoms with Crippen molar-refractivity contribution in [3.05, 3.63) is 40.8 Å². The fraction of sp³-hybridized carbons (Fsp3) is 0.429. The largest absolute Gasteiger partial charge is 0.346 e. The molecule has 0 N–H and O–H groups in total. The highest BCUT2D eigenvalue weighted by molar-refractivity contribution is 8.00. The van der Waals surface area contributed by atoms with Gasteiger partial charge in [-0.15, -0.1) is 0 Å². The summed E-state index contributed by atoms with van der Waals surface area (Å²) in [5, 5.41) is 1.06. The van der Waals surface area contributed by atoms with Crippen LogP contribution in [0.2, 0.25) is 0 Å². The van der Waals surface area contributed by atoms with Crippen molar-refractivity contribution in [2.24, 2.45) is 7.05 Å². The van der Waals surface area contributed by atoms with Crippen LogP contribution in [0.15, 0.2) is 23.4 Å². The van der Waals surface area contributed by atoms with Gasteiger partial charge in [-0.1, -0.05) is 50.2 Å². The molecule has 1 aromatic carbocycles. The van der Waals surface area contributed by atoms with Gasteiger partial charge in [-0.25, -0.2) is 9.97 Å². The first-order valence-corrected chi connectivity index (χ1v) is 9.49. The SMILES string of the molecule is Cc1cc(C)c(-c2cn(C)c3c(SC(C)(C)C)nc(C)nc23)c(C)c1. The zero-order chi connectivity index (χ0) is 18.5. The quantitative estimate of drug-likeness (QED) is 0.433.